The number of pyridine rings is 1. The van der Waals surface area contributed by atoms with Crippen molar-refractivity contribution in [2.45, 2.75) is 24.9 Å². The highest BCUT2D eigenvalue weighted by Gasteiger charge is 2.29. The predicted octanol–water partition coefficient (Wildman–Crippen LogP) is 3.27. The van der Waals surface area contributed by atoms with Crippen LogP contribution in [0.1, 0.15) is 30.5 Å². The van der Waals surface area contributed by atoms with Crippen LogP contribution in [-0.2, 0) is 0 Å². The second-order valence-electron chi connectivity index (χ2n) is 8.27. The van der Waals surface area contributed by atoms with Crippen molar-refractivity contribution in [3.63, 3.8) is 0 Å². The van der Waals surface area contributed by atoms with Gasteiger partial charge >= 0.3 is 6.16 Å². The van der Waals surface area contributed by atoms with Gasteiger partial charge in [-0.05, 0) is 42.7 Å². The van der Waals surface area contributed by atoms with Crippen LogP contribution in [0.3, 0.4) is 0 Å². The maximum absolute atomic E-state index is 15.2. The zero-order valence-electron chi connectivity index (χ0n) is 17.3. The molecule has 0 radical (unpaired) electrons. The van der Waals surface area contributed by atoms with Crippen LogP contribution in [0, 0.1) is 5.82 Å². The quantitative estimate of drug-likeness (QED) is 0.424. The number of fused-ring (bicyclic) bond motifs is 1. The van der Waals surface area contributed by atoms with Gasteiger partial charge in [-0.1, -0.05) is 12.1 Å². The molecule has 1 aliphatic heterocycles. The van der Waals surface area contributed by atoms with Gasteiger partial charge in [0.2, 0.25) is 5.43 Å². The molecule has 166 valence electrons. The number of nitrogens with zero attached hydrogens (tertiary/aromatic N) is 2. The first kappa shape index (κ1) is 20.3. The van der Waals surface area contributed by atoms with Gasteiger partial charge in [-0.3, -0.25) is 4.79 Å². The molecule has 2 aliphatic rings. The summed E-state index contributed by atoms with van der Waals surface area (Å²) in [5, 5.41) is 12.5. The number of nitrogens with two attached hydrogens (primary N) is 1. The summed E-state index contributed by atoms with van der Waals surface area (Å²) in [4.78, 5) is 25.7. The lowest BCUT2D eigenvalue weighted by Crippen LogP contribution is -2.46. The summed E-state index contributed by atoms with van der Waals surface area (Å²) in [6.07, 6.45) is 1.66. The molecule has 2 fully saturated rings. The van der Waals surface area contributed by atoms with Gasteiger partial charge in [0, 0.05) is 37.4 Å². The van der Waals surface area contributed by atoms with Crippen molar-refractivity contribution in [1.82, 2.24) is 9.88 Å². The van der Waals surface area contributed by atoms with Crippen LogP contribution in [0.25, 0.3) is 10.9 Å². The maximum atomic E-state index is 15.2. The number of piperazine rings is 1. The highest BCUT2D eigenvalue weighted by molar-refractivity contribution is 5.85. The average molecular weight is 438 g/mol. The molecule has 4 N–H and O–H groups in total. The molecule has 1 atom stereocenters. The summed E-state index contributed by atoms with van der Waals surface area (Å²) in [7, 11) is 0. The van der Waals surface area contributed by atoms with E-state index in [1.807, 2.05) is 33.7 Å². The van der Waals surface area contributed by atoms with E-state index in [-0.39, 0.29) is 23.2 Å². The van der Waals surface area contributed by atoms with Crippen molar-refractivity contribution in [2.75, 3.05) is 30.3 Å². The summed E-state index contributed by atoms with van der Waals surface area (Å²) in [6.45, 7) is 1.81. The third kappa shape index (κ3) is 3.75. The van der Waals surface area contributed by atoms with E-state index in [1.165, 1.54) is 12.3 Å². The molecule has 1 aromatic heterocycles. The van der Waals surface area contributed by atoms with Crippen LogP contribution < -0.4 is 26.1 Å². The largest absolute Gasteiger partial charge is 0.511 e. The molecule has 9 heteroatoms. The minimum absolute atomic E-state index is 0.0145. The van der Waals surface area contributed by atoms with E-state index in [2.05, 4.69) is 10.1 Å². The van der Waals surface area contributed by atoms with Crippen molar-refractivity contribution < 1.29 is 19.0 Å². The molecule has 0 amide bonds. The fraction of sp³-hybridized carbons (Fsp3) is 0.304. The Morgan fingerprint density at radius 2 is 2.06 bits per heavy atom. The van der Waals surface area contributed by atoms with Gasteiger partial charge in [-0.25, -0.2) is 9.18 Å². The number of halogens is 1. The number of hydrogen-bond donors (Lipinski definition) is 3. The number of nitrogen functional groups attached to an aromatic ring is 1. The summed E-state index contributed by atoms with van der Waals surface area (Å²) in [6, 6.07) is 10.6. The predicted molar refractivity (Wildman–Crippen MR) is 119 cm³/mol. The number of ether oxygens (including phenoxy) is 1. The molecule has 2 aromatic carbocycles. The van der Waals surface area contributed by atoms with E-state index >= 15 is 4.39 Å². The van der Waals surface area contributed by atoms with Crippen LogP contribution in [0.2, 0.25) is 0 Å². The first-order valence-electron chi connectivity index (χ1n) is 10.5. The maximum Gasteiger partial charge on any atom is 0.511 e. The Kier molecular flexibility index (Phi) is 4.97. The molecule has 2 heterocycles. The van der Waals surface area contributed by atoms with E-state index in [9.17, 15) is 9.59 Å². The van der Waals surface area contributed by atoms with Crippen molar-refractivity contribution in [3.05, 3.63) is 64.2 Å². The van der Waals surface area contributed by atoms with Crippen LogP contribution >= 0.6 is 0 Å². The summed E-state index contributed by atoms with van der Waals surface area (Å²) < 4.78 is 21.7. The fourth-order valence-electron chi connectivity index (χ4n) is 4.37. The first-order valence-corrected chi connectivity index (χ1v) is 10.5. The summed E-state index contributed by atoms with van der Waals surface area (Å²) >= 11 is 0. The van der Waals surface area contributed by atoms with Gasteiger partial charge in [0.1, 0.15) is 5.82 Å². The van der Waals surface area contributed by atoms with Gasteiger partial charge in [-0.15, -0.1) is 0 Å². The highest BCUT2D eigenvalue weighted by Crippen LogP contribution is 2.39. The zero-order chi connectivity index (χ0) is 22.4. The van der Waals surface area contributed by atoms with Gasteiger partial charge in [-0.2, -0.15) is 0 Å². The first-order chi connectivity index (χ1) is 15.4. The lowest BCUT2D eigenvalue weighted by Gasteiger charge is -2.36. The monoisotopic (exact) mass is 438 g/mol. The molecular formula is C23H23FN4O4. The Bertz CT molecular complexity index is 1270. The Morgan fingerprint density at radius 1 is 1.25 bits per heavy atom. The van der Waals surface area contributed by atoms with Crippen LogP contribution in [-0.4, -0.2) is 35.5 Å². The van der Waals surface area contributed by atoms with E-state index in [0.29, 0.717) is 36.5 Å². The van der Waals surface area contributed by atoms with E-state index in [0.717, 1.165) is 18.4 Å². The number of carboxylic acid groups (broad SMARTS) is 1. The summed E-state index contributed by atoms with van der Waals surface area (Å²) in [5.41, 5.74) is 7.97. The van der Waals surface area contributed by atoms with E-state index < -0.39 is 17.4 Å². The molecule has 1 saturated heterocycles. The topological polar surface area (TPSA) is 110 Å². The second-order valence-corrected chi connectivity index (χ2v) is 8.27. The SMILES string of the molecule is Nc1cccc(C2CN(c3cc4c(cc3F)c(=O)c(OC(=O)O)cn4C3CC3)CCN2)c1. The van der Waals surface area contributed by atoms with Crippen LogP contribution in [0.15, 0.2) is 47.4 Å². The Morgan fingerprint density at radius 3 is 2.78 bits per heavy atom. The average Bonchev–Trinajstić information content (AvgIpc) is 3.61. The van der Waals surface area contributed by atoms with Crippen LogP contribution in [0.5, 0.6) is 5.75 Å². The molecule has 0 bridgehead atoms. The summed E-state index contributed by atoms with van der Waals surface area (Å²) in [5.74, 6) is -0.842. The van der Waals surface area contributed by atoms with Crippen LogP contribution in [0.4, 0.5) is 20.6 Å². The molecule has 0 spiro atoms. The molecule has 1 saturated carbocycles. The molecular weight excluding hydrogens is 415 g/mol. The Balaban J connectivity index is 1.56. The van der Waals surface area contributed by atoms with Gasteiger partial charge in [0.15, 0.2) is 5.75 Å². The normalized spacial score (nSPS) is 18.7. The number of aromatic nitrogens is 1. The number of nitrogens with one attached hydrogen (secondary N) is 1. The van der Waals surface area contributed by atoms with E-state index in [1.54, 1.807) is 6.07 Å². The number of benzene rings is 2. The Hall–Kier alpha value is -3.59. The number of rotatable bonds is 4. The lowest BCUT2D eigenvalue weighted by atomic mass is 10.0. The molecule has 8 nitrogen and oxygen atoms in total. The van der Waals surface area contributed by atoms with E-state index in [4.69, 9.17) is 10.8 Å². The van der Waals surface area contributed by atoms with Crippen molar-refractivity contribution in [2.24, 2.45) is 0 Å². The van der Waals surface area contributed by atoms with Crippen molar-refractivity contribution in [3.8, 4) is 5.75 Å². The minimum atomic E-state index is -1.57. The van der Waals surface area contributed by atoms with Crippen molar-refractivity contribution in [1.29, 1.82) is 0 Å². The molecule has 32 heavy (non-hydrogen) atoms. The minimum Gasteiger partial charge on any atom is -0.449 e. The molecule has 5 rings (SSSR count). The van der Waals surface area contributed by atoms with Gasteiger partial charge in [0.25, 0.3) is 0 Å². The fourth-order valence-corrected chi connectivity index (χ4v) is 4.37. The molecule has 1 unspecified atom stereocenters. The third-order valence-electron chi connectivity index (χ3n) is 6.03. The number of carbonyl (C=O) groups is 1. The van der Waals surface area contributed by atoms with Crippen molar-refractivity contribution >= 4 is 28.4 Å². The Labute approximate surface area is 183 Å². The van der Waals surface area contributed by atoms with Gasteiger partial charge in [0.05, 0.1) is 22.8 Å². The van der Waals surface area contributed by atoms with Gasteiger partial charge < -0.3 is 30.4 Å². The molecule has 3 aromatic rings. The third-order valence-corrected chi connectivity index (χ3v) is 6.03. The second kappa shape index (κ2) is 7.83. The highest BCUT2D eigenvalue weighted by atomic mass is 19.1. The number of anilines is 2. The zero-order valence-corrected chi connectivity index (χ0v) is 17.3. The molecule has 1 aliphatic carbocycles. The number of hydrogen-bond acceptors (Lipinski definition) is 6. The standard InChI is InChI=1S/C23H23FN4O4/c24-17-9-16-19(28(15-4-5-15)12-21(22(16)29)32-23(30)31)10-20(17)27-7-6-26-18(11-27)13-2-1-3-14(25)8-13/h1-3,8-10,12,15,18,26H,4-7,11,25H2,(H,30,31). The lowest BCUT2D eigenvalue weighted by molar-refractivity contribution is 0.143. The smallest absolute Gasteiger partial charge is 0.449 e.